The molecule has 136 valence electrons. The Morgan fingerprint density at radius 1 is 1.12 bits per heavy atom. The molecular weight excluding hydrogens is 344 g/mol. The lowest BCUT2D eigenvalue weighted by Gasteiger charge is -2.10. The summed E-state index contributed by atoms with van der Waals surface area (Å²) in [6, 6.07) is 15.9. The second kappa shape index (κ2) is 8.81. The Morgan fingerprint density at radius 2 is 1.88 bits per heavy atom. The molecule has 0 saturated heterocycles. The minimum absolute atomic E-state index is 0.0329. The van der Waals surface area contributed by atoms with Gasteiger partial charge in [-0.1, -0.05) is 37.3 Å². The lowest BCUT2D eigenvalue weighted by atomic mass is 10.2. The molecule has 0 aliphatic rings. The first-order valence-electron chi connectivity index (χ1n) is 8.95. The van der Waals surface area contributed by atoms with E-state index in [1.165, 1.54) is 10.9 Å². The predicted molar refractivity (Wildman–Crippen MR) is 109 cm³/mol. The van der Waals surface area contributed by atoms with Gasteiger partial charge >= 0.3 is 0 Å². The molecule has 5 heteroatoms. The zero-order chi connectivity index (χ0) is 18.4. The van der Waals surface area contributed by atoms with Crippen LogP contribution >= 0.6 is 11.8 Å². The van der Waals surface area contributed by atoms with Crippen molar-refractivity contribution in [1.29, 1.82) is 0 Å². The van der Waals surface area contributed by atoms with E-state index in [0.717, 1.165) is 17.9 Å². The summed E-state index contributed by atoms with van der Waals surface area (Å²) in [5, 5.41) is 4.16. The van der Waals surface area contributed by atoms with Crippen molar-refractivity contribution in [1.82, 2.24) is 4.57 Å². The maximum Gasteiger partial charge on any atom is 0.234 e. The summed E-state index contributed by atoms with van der Waals surface area (Å²) in [6.45, 7) is 5.65. The Bertz CT molecular complexity index is 889. The number of thioether (sulfide) groups is 1. The summed E-state index contributed by atoms with van der Waals surface area (Å²) in [6.07, 6.45) is 3.23. The van der Waals surface area contributed by atoms with Gasteiger partial charge in [0, 0.05) is 28.5 Å². The second-order valence-electron chi connectivity index (χ2n) is 5.97. The number of fused-ring (bicyclic) bond motifs is 1. The van der Waals surface area contributed by atoms with Crippen LogP contribution in [0.15, 0.2) is 59.6 Å². The van der Waals surface area contributed by atoms with Gasteiger partial charge in [0.2, 0.25) is 5.91 Å². The van der Waals surface area contributed by atoms with Crippen LogP contribution < -0.4 is 10.1 Å². The van der Waals surface area contributed by atoms with E-state index in [0.29, 0.717) is 23.8 Å². The first-order valence-corrected chi connectivity index (χ1v) is 9.93. The molecule has 0 unspecified atom stereocenters. The lowest BCUT2D eigenvalue weighted by molar-refractivity contribution is -0.113. The highest BCUT2D eigenvalue weighted by Crippen LogP contribution is 2.31. The zero-order valence-corrected chi connectivity index (χ0v) is 16.0. The molecule has 3 aromatic rings. The van der Waals surface area contributed by atoms with Crippen molar-refractivity contribution in [2.45, 2.75) is 31.7 Å². The van der Waals surface area contributed by atoms with Gasteiger partial charge in [-0.2, -0.15) is 0 Å². The number of carbonyl (C=O) groups excluding carboxylic acids is 1. The van der Waals surface area contributed by atoms with Gasteiger partial charge in [0.05, 0.1) is 18.0 Å². The monoisotopic (exact) mass is 368 g/mol. The highest BCUT2D eigenvalue weighted by molar-refractivity contribution is 8.00. The van der Waals surface area contributed by atoms with Crippen molar-refractivity contribution < 1.29 is 9.53 Å². The number of ether oxygens (including phenoxy) is 1. The van der Waals surface area contributed by atoms with Gasteiger partial charge in [0.15, 0.2) is 0 Å². The normalized spacial score (nSPS) is 10.8. The Balaban J connectivity index is 1.69. The number of aryl methyl sites for hydroxylation is 1. The van der Waals surface area contributed by atoms with E-state index in [2.05, 4.69) is 41.2 Å². The van der Waals surface area contributed by atoms with Gasteiger partial charge in [0.1, 0.15) is 5.75 Å². The van der Waals surface area contributed by atoms with E-state index < -0.39 is 0 Å². The molecule has 0 aliphatic carbocycles. The average molecular weight is 369 g/mol. The molecule has 0 saturated carbocycles. The van der Waals surface area contributed by atoms with Gasteiger partial charge in [-0.3, -0.25) is 4.79 Å². The van der Waals surface area contributed by atoms with Crippen LogP contribution in [0.4, 0.5) is 5.69 Å². The summed E-state index contributed by atoms with van der Waals surface area (Å²) < 4.78 is 7.83. The molecule has 1 aromatic heterocycles. The first kappa shape index (κ1) is 18.4. The number of benzene rings is 2. The molecule has 0 bridgehead atoms. The van der Waals surface area contributed by atoms with Crippen molar-refractivity contribution in [3.63, 3.8) is 0 Å². The maximum absolute atomic E-state index is 12.4. The third-order valence-electron chi connectivity index (χ3n) is 4.04. The molecule has 2 aromatic carbocycles. The van der Waals surface area contributed by atoms with E-state index in [9.17, 15) is 4.79 Å². The Morgan fingerprint density at radius 3 is 2.69 bits per heavy atom. The van der Waals surface area contributed by atoms with Gasteiger partial charge in [0.25, 0.3) is 0 Å². The number of hydrogen-bond donors (Lipinski definition) is 1. The molecule has 3 rings (SSSR count). The number of hydrogen-bond acceptors (Lipinski definition) is 3. The minimum atomic E-state index is -0.0329. The molecule has 0 fully saturated rings. The smallest absolute Gasteiger partial charge is 0.234 e. The highest BCUT2D eigenvalue weighted by Gasteiger charge is 2.12. The Labute approximate surface area is 158 Å². The number of nitrogens with zero attached hydrogens (tertiary/aromatic N) is 1. The molecule has 1 amide bonds. The van der Waals surface area contributed by atoms with Crippen LogP contribution in [0.5, 0.6) is 5.75 Å². The van der Waals surface area contributed by atoms with Crippen molar-refractivity contribution in [3.8, 4) is 5.75 Å². The maximum atomic E-state index is 12.4. The van der Waals surface area contributed by atoms with Gasteiger partial charge < -0.3 is 14.6 Å². The van der Waals surface area contributed by atoms with Crippen LogP contribution in [-0.4, -0.2) is 22.8 Å². The number of para-hydroxylation sites is 3. The van der Waals surface area contributed by atoms with Crippen molar-refractivity contribution in [3.05, 3.63) is 54.7 Å². The Kier molecular flexibility index (Phi) is 6.23. The standard InChI is InChI=1S/C21H24N2O2S/c1-3-13-23-14-20(16-9-5-7-11-18(16)23)26-15-21(24)22-17-10-6-8-12-19(17)25-4-2/h5-12,14H,3-4,13,15H2,1-2H3,(H,22,24). The summed E-state index contributed by atoms with van der Waals surface area (Å²) in [5.74, 6) is 1.03. The van der Waals surface area contributed by atoms with E-state index in [1.54, 1.807) is 11.8 Å². The van der Waals surface area contributed by atoms with Gasteiger partial charge in [-0.15, -0.1) is 11.8 Å². The summed E-state index contributed by atoms with van der Waals surface area (Å²) in [5.41, 5.74) is 1.94. The minimum Gasteiger partial charge on any atom is -0.492 e. The molecule has 1 N–H and O–H groups in total. The topological polar surface area (TPSA) is 43.3 Å². The van der Waals surface area contributed by atoms with Crippen LogP contribution in [-0.2, 0) is 11.3 Å². The summed E-state index contributed by atoms with van der Waals surface area (Å²) >= 11 is 1.57. The zero-order valence-electron chi connectivity index (χ0n) is 15.2. The molecule has 1 heterocycles. The largest absolute Gasteiger partial charge is 0.492 e. The molecule has 0 spiro atoms. The summed E-state index contributed by atoms with van der Waals surface area (Å²) in [4.78, 5) is 13.6. The quantitative estimate of drug-likeness (QED) is 0.557. The summed E-state index contributed by atoms with van der Waals surface area (Å²) in [7, 11) is 0. The SMILES string of the molecule is CCCn1cc(SCC(=O)Nc2ccccc2OCC)c2ccccc21. The molecule has 0 atom stereocenters. The van der Waals surface area contributed by atoms with Crippen LogP contribution in [0.2, 0.25) is 0 Å². The van der Waals surface area contributed by atoms with Crippen LogP contribution in [0.3, 0.4) is 0 Å². The fraction of sp³-hybridized carbons (Fsp3) is 0.286. The molecule has 0 aliphatic heterocycles. The van der Waals surface area contributed by atoms with Crippen LogP contribution in [0.1, 0.15) is 20.3 Å². The van der Waals surface area contributed by atoms with Crippen molar-refractivity contribution in [2.75, 3.05) is 17.7 Å². The van der Waals surface area contributed by atoms with Crippen LogP contribution in [0.25, 0.3) is 10.9 Å². The number of nitrogens with one attached hydrogen (secondary N) is 1. The number of amides is 1. The Hall–Kier alpha value is -2.40. The third-order valence-corrected chi connectivity index (χ3v) is 5.08. The van der Waals surface area contributed by atoms with E-state index in [1.807, 2.05) is 37.3 Å². The van der Waals surface area contributed by atoms with Crippen molar-refractivity contribution in [2.24, 2.45) is 0 Å². The first-order chi connectivity index (χ1) is 12.7. The van der Waals surface area contributed by atoms with E-state index >= 15 is 0 Å². The highest BCUT2D eigenvalue weighted by atomic mass is 32.2. The van der Waals surface area contributed by atoms with E-state index in [4.69, 9.17) is 4.74 Å². The van der Waals surface area contributed by atoms with Crippen molar-refractivity contribution >= 4 is 34.3 Å². The van der Waals surface area contributed by atoms with E-state index in [-0.39, 0.29) is 5.91 Å². The lowest BCUT2D eigenvalue weighted by Crippen LogP contribution is -2.14. The molecule has 26 heavy (non-hydrogen) atoms. The number of anilines is 1. The fourth-order valence-corrected chi connectivity index (χ4v) is 3.82. The van der Waals surface area contributed by atoms with Crippen LogP contribution in [0, 0.1) is 0 Å². The third kappa shape index (κ3) is 4.22. The average Bonchev–Trinajstić information content (AvgIpc) is 3.00. The fourth-order valence-electron chi connectivity index (χ4n) is 2.93. The number of carbonyl (C=O) groups is 1. The number of aromatic nitrogens is 1. The molecular formula is C21H24N2O2S. The second-order valence-corrected chi connectivity index (χ2v) is 6.99. The predicted octanol–water partition coefficient (Wildman–Crippen LogP) is 5.18. The van der Waals surface area contributed by atoms with Gasteiger partial charge in [-0.05, 0) is 31.5 Å². The molecule has 4 nitrogen and oxygen atoms in total. The molecule has 0 radical (unpaired) electrons. The number of rotatable bonds is 8. The van der Waals surface area contributed by atoms with Gasteiger partial charge in [-0.25, -0.2) is 0 Å².